The number of nitro benzene ring substituents is 1. The quantitative estimate of drug-likeness (QED) is 0.639. The van der Waals surface area contributed by atoms with Gasteiger partial charge >= 0.3 is 5.97 Å². The lowest BCUT2D eigenvalue weighted by atomic mass is 10.1. The van der Waals surface area contributed by atoms with Crippen molar-refractivity contribution < 1.29 is 14.8 Å². The first-order valence-corrected chi connectivity index (χ1v) is 9.71. The van der Waals surface area contributed by atoms with Crippen molar-refractivity contribution in [2.75, 3.05) is 29.5 Å². The molecular formula is C15H13N3O5S2. The zero-order valence-corrected chi connectivity index (χ0v) is 14.6. The summed E-state index contributed by atoms with van der Waals surface area (Å²) in [5.41, 5.74) is -0.0703. The number of aromatic nitrogens is 1. The van der Waals surface area contributed by atoms with Gasteiger partial charge in [0.2, 0.25) is 5.43 Å². The van der Waals surface area contributed by atoms with E-state index in [0.29, 0.717) is 35.2 Å². The van der Waals surface area contributed by atoms with Crippen molar-refractivity contribution in [1.29, 1.82) is 0 Å². The fourth-order valence-electron chi connectivity index (χ4n) is 3.17. The van der Waals surface area contributed by atoms with Gasteiger partial charge in [-0.15, -0.1) is 0 Å². The number of rotatable bonds is 3. The Morgan fingerprint density at radius 2 is 2.00 bits per heavy atom. The van der Waals surface area contributed by atoms with Gasteiger partial charge in [-0.05, 0) is 6.07 Å². The van der Waals surface area contributed by atoms with E-state index in [9.17, 15) is 24.8 Å². The third kappa shape index (κ3) is 2.47. The van der Waals surface area contributed by atoms with Crippen LogP contribution < -0.4 is 10.3 Å². The molecule has 2 aromatic rings. The van der Waals surface area contributed by atoms with Crippen LogP contribution in [0.15, 0.2) is 22.0 Å². The highest BCUT2D eigenvalue weighted by atomic mass is 32.2. The van der Waals surface area contributed by atoms with E-state index in [-0.39, 0.29) is 16.6 Å². The molecule has 0 bridgehead atoms. The second kappa shape index (κ2) is 5.95. The summed E-state index contributed by atoms with van der Waals surface area (Å²) in [6.45, 7) is 1.32. The van der Waals surface area contributed by atoms with Crippen molar-refractivity contribution in [3.8, 4) is 0 Å². The third-order valence-electron chi connectivity index (χ3n) is 4.41. The van der Waals surface area contributed by atoms with Crippen molar-refractivity contribution in [2.45, 2.75) is 10.9 Å². The smallest absolute Gasteiger partial charge is 0.342 e. The van der Waals surface area contributed by atoms with E-state index in [1.807, 2.05) is 4.90 Å². The summed E-state index contributed by atoms with van der Waals surface area (Å²) in [5, 5.41) is 21.5. The molecule has 3 heterocycles. The highest BCUT2D eigenvalue weighted by molar-refractivity contribution is 7.99. The first-order valence-electron chi connectivity index (χ1n) is 7.56. The topological polar surface area (TPSA) is 106 Å². The van der Waals surface area contributed by atoms with Crippen LogP contribution in [0.4, 0.5) is 11.4 Å². The predicted molar refractivity (Wildman–Crippen MR) is 97.2 cm³/mol. The molecule has 0 atom stereocenters. The number of thioether (sulfide) groups is 2. The van der Waals surface area contributed by atoms with Gasteiger partial charge in [-0.25, -0.2) is 4.79 Å². The molecule has 0 spiro atoms. The van der Waals surface area contributed by atoms with E-state index in [1.165, 1.54) is 23.9 Å². The average molecular weight is 379 g/mol. The van der Waals surface area contributed by atoms with Crippen molar-refractivity contribution in [3.63, 3.8) is 0 Å². The van der Waals surface area contributed by atoms with E-state index >= 15 is 0 Å². The summed E-state index contributed by atoms with van der Waals surface area (Å²) >= 11 is 3.04. The molecule has 1 aromatic heterocycles. The normalized spacial score (nSPS) is 16.4. The van der Waals surface area contributed by atoms with Crippen LogP contribution in [0.25, 0.3) is 10.9 Å². The molecule has 8 nitrogen and oxygen atoms in total. The Kier molecular flexibility index (Phi) is 3.88. The highest BCUT2D eigenvalue weighted by Crippen LogP contribution is 2.40. The number of nitrogens with zero attached hydrogens (tertiary/aromatic N) is 3. The van der Waals surface area contributed by atoms with Crippen LogP contribution in [-0.4, -0.2) is 45.2 Å². The molecule has 1 saturated heterocycles. The number of benzene rings is 1. The van der Waals surface area contributed by atoms with Gasteiger partial charge in [0.1, 0.15) is 11.3 Å². The fraction of sp³-hybridized carbons (Fsp3) is 0.333. The van der Waals surface area contributed by atoms with Gasteiger partial charge in [0.25, 0.3) is 5.69 Å². The molecule has 0 amide bonds. The molecule has 2 aliphatic heterocycles. The third-order valence-corrected chi connectivity index (χ3v) is 6.43. The molecule has 2 aliphatic rings. The molecule has 130 valence electrons. The molecular weight excluding hydrogens is 366 g/mol. The Bertz CT molecular complexity index is 982. The zero-order chi connectivity index (χ0) is 17.7. The van der Waals surface area contributed by atoms with Gasteiger partial charge in [0.15, 0.2) is 0 Å². The van der Waals surface area contributed by atoms with Gasteiger partial charge in [-0.1, -0.05) is 11.8 Å². The number of pyridine rings is 1. The van der Waals surface area contributed by atoms with Crippen LogP contribution in [0.3, 0.4) is 0 Å². The molecule has 1 N–H and O–H groups in total. The van der Waals surface area contributed by atoms with E-state index in [0.717, 1.165) is 11.5 Å². The lowest BCUT2D eigenvalue weighted by molar-refractivity contribution is -0.384. The first-order chi connectivity index (χ1) is 12.0. The monoisotopic (exact) mass is 379 g/mol. The molecule has 10 heteroatoms. The molecule has 1 aromatic carbocycles. The molecule has 0 aliphatic carbocycles. The van der Waals surface area contributed by atoms with Crippen LogP contribution >= 0.6 is 23.5 Å². The molecule has 0 saturated carbocycles. The Balaban J connectivity index is 2.03. The molecule has 0 unspecified atom stereocenters. The summed E-state index contributed by atoms with van der Waals surface area (Å²) in [5.74, 6) is 0.922. The van der Waals surface area contributed by atoms with E-state index in [4.69, 9.17) is 0 Å². The fourth-order valence-corrected chi connectivity index (χ4v) is 5.03. The van der Waals surface area contributed by atoms with Crippen LogP contribution in [0.5, 0.6) is 0 Å². The number of hydrogen-bond acceptors (Lipinski definition) is 7. The standard InChI is InChI=1S/C15H13N3O5S2/c19-13-8-5-10(16-1-3-24-4-2-16)11(18(22)23)6-9(8)17-7-25-14(17)12(13)15(20)21/h5-6H,1-4,7H2,(H,20,21). The van der Waals surface area contributed by atoms with Gasteiger partial charge in [0, 0.05) is 36.0 Å². The maximum Gasteiger partial charge on any atom is 0.342 e. The molecule has 1 fully saturated rings. The first kappa shape index (κ1) is 16.3. The van der Waals surface area contributed by atoms with Crippen LogP contribution in [0.2, 0.25) is 0 Å². The van der Waals surface area contributed by atoms with Gasteiger partial charge in [0.05, 0.1) is 21.3 Å². The van der Waals surface area contributed by atoms with Crippen LogP contribution in [0.1, 0.15) is 10.4 Å². The van der Waals surface area contributed by atoms with Crippen molar-refractivity contribution in [3.05, 3.63) is 38.0 Å². The van der Waals surface area contributed by atoms with Gasteiger partial charge < -0.3 is 14.6 Å². The van der Waals surface area contributed by atoms with Crippen molar-refractivity contribution >= 4 is 51.8 Å². The summed E-state index contributed by atoms with van der Waals surface area (Å²) < 4.78 is 1.66. The second-order valence-corrected chi connectivity index (χ2v) is 7.89. The highest BCUT2D eigenvalue weighted by Gasteiger charge is 2.31. The van der Waals surface area contributed by atoms with Gasteiger partial charge in [-0.3, -0.25) is 14.9 Å². The maximum absolute atomic E-state index is 12.7. The zero-order valence-electron chi connectivity index (χ0n) is 12.9. The summed E-state index contributed by atoms with van der Waals surface area (Å²) in [7, 11) is 0. The molecule has 0 radical (unpaired) electrons. The summed E-state index contributed by atoms with van der Waals surface area (Å²) in [6, 6.07) is 2.90. The van der Waals surface area contributed by atoms with Gasteiger partial charge in [-0.2, -0.15) is 11.8 Å². The number of carbonyl (C=O) groups is 1. The van der Waals surface area contributed by atoms with Crippen molar-refractivity contribution in [2.24, 2.45) is 0 Å². The lowest BCUT2D eigenvalue weighted by Crippen LogP contribution is -2.33. The number of anilines is 1. The number of carboxylic acids is 1. The average Bonchev–Trinajstić information content (AvgIpc) is 2.57. The Morgan fingerprint density at radius 1 is 1.28 bits per heavy atom. The van der Waals surface area contributed by atoms with E-state index < -0.39 is 16.3 Å². The lowest BCUT2D eigenvalue weighted by Gasteiger charge is -2.29. The van der Waals surface area contributed by atoms with Crippen LogP contribution in [-0.2, 0) is 5.88 Å². The maximum atomic E-state index is 12.7. The number of hydrogen-bond donors (Lipinski definition) is 1. The number of fused-ring (bicyclic) bond motifs is 3. The Labute approximate surface area is 149 Å². The minimum atomic E-state index is -1.27. The summed E-state index contributed by atoms with van der Waals surface area (Å²) in [6.07, 6.45) is 0. The van der Waals surface area contributed by atoms with E-state index in [1.54, 1.807) is 16.3 Å². The number of nitro groups is 1. The Hall–Kier alpha value is -2.20. The minimum absolute atomic E-state index is 0.0477. The minimum Gasteiger partial charge on any atom is -0.477 e. The number of carboxylic acid groups (broad SMARTS) is 1. The SMILES string of the molecule is O=C(O)c1c2n(c3cc([N+](=O)[O-])c(N4CCSCC4)cc3c1=O)CS2. The Morgan fingerprint density at radius 3 is 2.56 bits per heavy atom. The number of aromatic carboxylic acids is 1. The molecule has 25 heavy (non-hydrogen) atoms. The largest absolute Gasteiger partial charge is 0.477 e. The molecule has 4 rings (SSSR count). The van der Waals surface area contributed by atoms with E-state index in [2.05, 4.69) is 0 Å². The second-order valence-electron chi connectivity index (χ2n) is 5.73. The predicted octanol–water partition coefficient (Wildman–Crippen LogP) is 2.22. The van der Waals surface area contributed by atoms with Crippen LogP contribution in [0, 0.1) is 10.1 Å². The summed E-state index contributed by atoms with van der Waals surface area (Å²) in [4.78, 5) is 37.2. The van der Waals surface area contributed by atoms with Crippen molar-refractivity contribution in [1.82, 2.24) is 4.57 Å².